The van der Waals surface area contributed by atoms with Crippen LogP contribution < -0.4 is 11.2 Å². The molecule has 2 unspecified atom stereocenters. The van der Waals surface area contributed by atoms with Gasteiger partial charge in [0.1, 0.15) is 6.23 Å². The average Bonchev–Trinajstić information content (AvgIpc) is 2.92. The van der Waals surface area contributed by atoms with E-state index >= 15 is 0 Å². The number of hydrogen-bond donors (Lipinski definition) is 4. The Labute approximate surface area is 109 Å². The number of H-pyrrole nitrogens is 1. The van der Waals surface area contributed by atoms with Gasteiger partial charge in [0.05, 0.1) is 12.7 Å². The fraction of sp³-hybridized carbons (Fsp3) is 0.636. The summed E-state index contributed by atoms with van der Waals surface area (Å²) in [6.07, 6.45) is 2.19. The quantitative estimate of drug-likeness (QED) is 0.517. The van der Waals surface area contributed by atoms with Gasteiger partial charge in [-0.1, -0.05) is 0 Å². The van der Waals surface area contributed by atoms with E-state index in [-0.39, 0.29) is 18.9 Å². The van der Waals surface area contributed by atoms with Crippen LogP contribution in [0.25, 0.3) is 0 Å². The van der Waals surface area contributed by atoms with Crippen LogP contribution in [0.4, 0.5) is 0 Å². The number of aromatic nitrogens is 2. The van der Waals surface area contributed by atoms with Crippen LogP contribution in [0, 0.1) is 0 Å². The zero-order valence-corrected chi connectivity index (χ0v) is 10.9. The van der Waals surface area contributed by atoms with Crippen molar-refractivity contribution in [3.05, 3.63) is 33.1 Å². The second kappa shape index (κ2) is 9.45. The molecular weight excluding hydrogens is 256 g/mol. The molecule has 0 aliphatic carbocycles. The Hall–Kier alpha value is -1.48. The summed E-state index contributed by atoms with van der Waals surface area (Å²) in [5.74, 6) is 0. The van der Waals surface area contributed by atoms with Crippen LogP contribution in [-0.4, -0.2) is 51.8 Å². The van der Waals surface area contributed by atoms with E-state index in [2.05, 4.69) is 4.98 Å². The van der Waals surface area contributed by atoms with Crippen molar-refractivity contribution in [3.8, 4) is 0 Å². The Morgan fingerprint density at radius 2 is 1.95 bits per heavy atom. The van der Waals surface area contributed by atoms with Crippen molar-refractivity contribution in [2.75, 3.05) is 20.8 Å². The van der Waals surface area contributed by atoms with Crippen LogP contribution in [0.15, 0.2) is 21.9 Å². The summed E-state index contributed by atoms with van der Waals surface area (Å²) in [7, 11) is 2.00. The summed E-state index contributed by atoms with van der Waals surface area (Å²) in [6, 6.07) is 1.27. The molecule has 0 amide bonds. The van der Waals surface area contributed by atoms with Gasteiger partial charge in [0.2, 0.25) is 0 Å². The Morgan fingerprint density at radius 1 is 1.32 bits per heavy atom. The highest BCUT2D eigenvalue weighted by Crippen LogP contribution is 2.26. The van der Waals surface area contributed by atoms with Crippen molar-refractivity contribution in [1.29, 1.82) is 0 Å². The Bertz CT molecular complexity index is 455. The monoisotopic (exact) mass is 276 g/mol. The first-order valence-corrected chi connectivity index (χ1v) is 5.68. The third-order valence-corrected chi connectivity index (χ3v) is 2.45. The highest BCUT2D eigenvalue weighted by Gasteiger charge is 2.26. The molecule has 1 aromatic heterocycles. The standard InChI is InChI=1S/C9H12N2O4.2CH4O/c12-5-6-1-2-8(15-6)11-4-3-7(13)10-9(11)14;2*1-2/h3-4,6,8,12H,1-2,5H2,(H,10,13,14);2*2H,1H3. The summed E-state index contributed by atoms with van der Waals surface area (Å²) >= 11 is 0. The molecule has 4 N–H and O–H groups in total. The maximum atomic E-state index is 11.4. The normalized spacial score (nSPS) is 20.9. The predicted octanol–water partition coefficient (Wildman–Crippen LogP) is -1.58. The van der Waals surface area contributed by atoms with E-state index < -0.39 is 11.2 Å². The zero-order valence-electron chi connectivity index (χ0n) is 10.9. The smallest absolute Gasteiger partial charge is 0.330 e. The molecule has 8 heteroatoms. The Morgan fingerprint density at radius 3 is 2.42 bits per heavy atom. The van der Waals surface area contributed by atoms with Crippen LogP contribution in [0.2, 0.25) is 0 Å². The number of aliphatic hydroxyl groups excluding tert-OH is 3. The third kappa shape index (κ3) is 4.95. The maximum Gasteiger partial charge on any atom is 0.330 e. The zero-order chi connectivity index (χ0) is 14.8. The first-order chi connectivity index (χ1) is 9.20. The molecule has 1 saturated heterocycles. The number of ether oxygens (including phenoxy) is 1. The predicted molar refractivity (Wildman–Crippen MR) is 67.8 cm³/mol. The SMILES string of the molecule is CO.CO.O=c1ccn(C2CCC(CO)O2)c(=O)[nH]1. The number of rotatable bonds is 2. The molecule has 2 heterocycles. The summed E-state index contributed by atoms with van der Waals surface area (Å²) in [6.45, 7) is -0.0470. The van der Waals surface area contributed by atoms with Gasteiger partial charge < -0.3 is 20.1 Å². The van der Waals surface area contributed by atoms with E-state index in [4.69, 9.17) is 20.1 Å². The molecule has 1 fully saturated rings. The second-order valence-electron chi connectivity index (χ2n) is 3.49. The van der Waals surface area contributed by atoms with Gasteiger partial charge in [-0.25, -0.2) is 4.79 Å². The number of aromatic amines is 1. The summed E-state index contributed by atoms with van der Waals surface area (Å²) in [5.41, 5.74) is -0.904. The highest BCUT2D eigenvalue weighted by molar-refractivity contribution is 4.85. The lowest BCUT2D eigenvalue weighted by atomic mass is 10.2. The molecule has 2 rings (SSSR count). The Kier molecular flexibility index (Phi) is 8.71. The molecule has 0 aromatic carbocycles. The molecule has 8 nitrogen and oxygen atoms in total. The fourth-order valence-electron chi connectivity index (χ4n) is 1.68. The molecule has 2 atom stereocenters. The van der Waals surface area contributed by atoms with Crippen molar-refractivity contribution < 1.29 is 20.1 Å². The lowest BCUT2D eigenvalue weighted by molar-refractivity contribution is -0.0246. The highest BCUT2D eigenvalue weighted by atomic mass is 16.5. The van der Waals surface area contributed by atoms with E-state index in [9.17, 15) is 9.59 Å². The van der Waals surface area contributed by atoms with Crippen LogP contribution in [0.5, 0.6) is 0 Å². The van der Waals surface area contributed by atoms with E-state index in [1.807, 2.05) is 0 Å². The average molecular weight is 276 g/mol. The largest absolute Gasteiger partial charge is 0.400 e. The van der Waals surface area contributed by atoms with Crippen LogP contribution in [0.3, 0.4) is 0 Å². The number of nitrogens with zero attached hydrogens (tertiary/aromatic N) is 1. The Balaban J connectivity index is 0.000000741. The van der Waals surface area contributed by atoms with E-state index in [0.717, 1.165) is 14.2 Å². The van der Waals surface area contributed by atoms with Crippen molar-refractivity contribution in [2.24, 2.45) is 0 Å². The molecular formula is C11H20N2O6. The molecule has 0 radical (unpaired) electrons. The topological polar surface area (TPSA) is 125 Å². The van der Waals surface area contributed by atoms with Gasteiger partial charge in [-0.15, -0.1) is 0 Å². The van der Waals surface area contributed by atoms with Crippen LogP contribution in [0.1, 0.15) is 19.1 Å². The van der Waals surface area contributed by atoms with Crippen molar-refractivity contribution in [2.45, 2.75) is 25.2 Å². The molecule has 1 aromatic rings. The minimum Gasteiger partial charge on any atom is -0.400 e. The van der Waals surface area contributed by atoms with Crippen molar-refractivity contribution in [1.82, 2.24) is 9.55 Å². The van der Waals surface area contributed by atoms with Gasteiger partial charge in [-0.3, -0.25) is 14.3 Å². The fourth-order valence-corrected chi connectivity index (χ4v) is 1.68. The van der Waals surface area contributed by atoms with Gasteiger partial charge in [0.25, 0.3) is 5.56 Å². The first kappa shape index (κ1) is 17.5. The first-order valence-electron chi connectivity index (χ1n) is 5.68. The lowest BCUT2D eigenvalue weighted by Gasteiger charge is -2.13. The minimum atomic E-state index is -0.480. The molecule has 1 aliphatic rings. The van der Waals surface area contributed by atoms with Crippen LogP contribution in [-0.2, 0) is 4.74 Å². The van der Waals surface area contributed by atoms with Crippen molar-refractivity contribution in [3.63, 3.8) is 0 Å². The number of nitrogens with one attached hydrogen (secondary N) is 1. The van der Waals surface area contributed by atoms with Gasteiger partial charge in [-0.05, 0) is 12.8 Å². The minimum absolute atomic E-state index is 0.0470. The van der Waals surface area contributed by atoms with Crippen molar-refractivity contribution >= 4 is 0 Å². The van der Waals surface area contributed by atoms with E-state index in [1.54, 1.807) is 0 Å². The molecule has 19 heavy (non-hydrogen) atoms. The summed E-state index contributed by atoms with van der Waals surface area (Å²) in [4.78, 5) is 24.4. The number of aliphatic hydroxyl groups is 3. The molecule has 0 spiro atoms. The van der Waals surface area contributed by atoms with Gasteiger partial charge in [0.15, 0.2) is 0 Å². The maximum absolute atomic E-state index is 11.4. The van der Waals surface area contributed by atoms with Gasteiger partial charge in [-0.2, -0.15) is 0 Å². The molecule has 110 valence electrons. The second-order valence-corrected chi connectivity index (χ2v) is 3.49. The molecule has 0 saturated carbocycles. The molecule has 1 aliphatic heterocycles. The summed E-state index contributed by atoms with van der Waals surface area (Å²) in [5, 5.41) is 22.9. The third-order valence-electron chi connectivity index (χ3n) is 2.45. The molecule has 0 bridgehead atoms. The van der Waals surface area contributed by atoms with E-state index in [0.29, 0.717) is 12.8 Å². The lowest BCUT2D eigenvalue weighted by Crippen LogP contribution is -2.31. The van der Waals surface area contributed by atoms with Crippen LogP contribution >= 0.6 is 0 Å². The summed E-state index contributed by atoms with van der Waals surface area (Å²) < 4.78 is 6.74. The van der Waals surface area contributed by atoms with Gasteiger partial charge >= 0.3 is 5.69 Å². The van der Waals surface area contributed by atoms with E-state index in [1.165, 1.54) is 16.8 Å². The van der Waals surface area contributed by atoms with Gasteiger partial charge in [0, 0.05) is 26.5 Å². The number of hydrogen-bond acceptors (Lipinski definition) is 6.